The van der Waals surface area contributed by atoms with Crippen molar-refractivity contribution in [3.8, 4) is 0 Å². The first-order chi connectivity index (χ1) is 45.9. The molecule has 18 rings (SSSR count). The van der Waals surface area contributed by atoms with Crippen LogP contribution in [0.5, 0.6) is 0 Å². The molecule has 16 heterocycles. The van der Waals surface area contributed by atoms with Crippen molar-refractivity contribution in [2.45, 2.75) is 130 Å². The van der Waals surface area contributed by atoms with E-state index in [1.807, 2.05) is 0 Å². The first-order valence-electron chi connectivity index (χ1n) is 35.8. The number of epoxide rings is 16. The van der Waals surface area contributed by atoms with Gasteiger partial charge in [-0.3, -0.25) is 19.6 Å². The molecule has 0 aliphatic carbocycles. The maximum Gasteiger partial charge on any atom is 0.0984 e. The molecule has 24 heteroatoms. The van der Waals surface area contributed by atoms with Crippen LogP contribution in [0.25, 0.3) is 0 Å². The number of ether oxygens (including phenoxy) is 16. The minimum absolute atomic E-state index is 0.378. The lowest BCUT2D eigenvalue weighted by Crippen LogP contribution is -2.37. The normalized spacial score (nSPS) is 33.5. The van der Waals surface area contributed by atoms with E-state index in [0.717, 1.165) is 224 Å². The van der Waals surface area contributed by atoms with Crippen molar-refractivity contribution in [2.24, 2.45) is 0 Å². The van der Waals surface area contributed by atoms with Crippen LogP contribution < -0.4 is 19.6 Å². The smallest absolute Gasteiger partial charge is 0.0984 e. The largest absolute Gasteiger partial charge is 0.372 e. The van der Waals surface area contributed by atoms with Crippen molar-refractivity contribution in [3.05, 3.63) is 48.5 Å². The van der Waals surface area contributed by atoms with Crippen LogP contribution >= 0.6 is 0 Å². The molecule has 2 aromatic rings. The van der Waals surface area contributed by atoms with Crippen LogP contribution in [0.1, 0.15) is 32.1 Å². The summed E-state index contributed by atoms with van der Waals surface area (Å²) in [6.07, 6.45) is 13.3. The molecule has 16 unspecified atom stereocenters. The molecule has 0 bridgehead atoms. The third-order valence-electron chi connectivity index (χ3n) is 19.3. The van der Waals surface area contributed by atoms with Gasteiger partial charge in [0, 0.05) is 127 Å². The van der Waals surface area contributed by atoms with Gasteiger partial charge in [0.25, 0.3) is 0 Å². The Morgan fingerprint density at radius 3 is 0.570 bits per heavy atom. The highest BCUT2D eigenvalue weighted by molar-refractivity contribution is 5.60. The summed E-state index contributed by atoms with van der Waals surface area (Å²) < 4.78 is 86.3. The van der Waals surface area contributed by atoms with Gasteiger partial charge in [0.05, 0.1) is 203 Å². The summed E-state index contributed by atoms with van der Waals surface area (Å²) in [6, 6.07) is 17.7. The number of unbranched alkanes of at least 4 members (excludes halogenated alkanes) is 3. The maximum atomic E-state index is 5.44. The van der Waals surface area contributed by atoms with Crippen LogP contribution in [-0.4, -0.2) is 354 Å². The van der Waals surface area contributed by atoms with Gasteiger partial charge >= 0.3 is 0 Å². The number of benzene rings is 2. The van der Waals surface area contributed by atoms with Crippen LogP contribution in [0.2, 0.25) is 0 Å². The molecule has 0 saturated carbocycles. The standard InChI is InChI=1S/2C18H24N2O4.C18H32N2O4.C15H26N2O4/c1-2-14(20(7-17-11-23-17)8-18-12-24-18)4-3-13(1)19(5-15-9-21-15)6-16-10-22-16;1-2-13(19(5-15-9-21-15)6-16-10-22-16)4-14(3-1)20(7-17-11-23-17)8-18-12-24-18;1(3-5-19(7-15-11-21-15)8-16-12-22-16)2-4-6-20(9-17-13-23-17)10-18-14-24-18;1(2-16(4-12-8-18-12)5-13-9-19-13)3-17(6-14-10-20-14)7-15-11-21-15/h2*1-4,15-18H,5-12H2;15-18H,1-14H2;12-15H,1-11H2. The average molecular weight is 1300 g/mol. The topological polar surface area (TPSA) is 226 Å². The Morgan fingerprint density at radius 1 is 0.204 bits per heavy atom. The first kappa shape index (κ1) is 65.8. The predicted octanol–water partition coefficient (Wildman–Crippen LogP) is 2.11. The van der Waals surface area contributed by atoms with Crippen molar-refractivity contribution < 1.29 is 75.8 Å². The van der Waals surface area contributed by atoms with Gasteiger partial charge < -0.3 is 95.4 Å². The van der Waals surface area contributed by atoms with E-state index in [9.17, 15) is 0 Å². The van der Waals surface area contributed by atoms with E-state index in [0.29, 0.717) is 97.7 Å². The monoisotopic (exact) mass is 1300 g/mol. The second-order valence-electron chi connectivity index (χ2n) is 28.7. The Morgan fingerprint density at radius 2 is 0.376 bits per heavy atom. The molecule has 518 valence electrons. The third-order valence-corrected chi connectivity index (χ3v) is 19.3. The highest BCUT2D eigenvalue weighted by atomic mass is 16.6. The fourth-order valence-electron chi connectivity index (χ4n) is 12.5. The van der Waals surface area contributed by atoms with Gasteiger partial charge in [-0.25, -0.2) is 0 Å². The van der Waals surface area contributed by atoms with Crippen LogP contribution in [0.3, 0.4) is 0 Å². The van der Waals surface area contributed by atoms with Gasteiger partial charge in [0.15, 0.2) is 0 Å². The second-order valence-corrected chi connectivity index (χ2v) is 28.7. The van der Waals surface area contributed by atoms with Crippen molar-refractivity contribution in [1.29, 1.82) is 0 Å². The number of anilines is 4. The summed E-state index contributed by atoms with van der Waals surface area (Å²) >= 11 is 0. The van der Waals surface area contributed by atoms with E-state index >= 15 is 0 Å². The molecule has 16 fully saturated rings. The lowest BCUT2D eigenvalue weighted by atomic mass is 10.1. The SMILES string of the molecule is C(CCCN(CC1CO1)CC1CO1)CCN(CC1CO1)CC1CO1.C(CN(CC1CO1)CC1CO1)CN(CC1CO1)CC1CO1.c1cc(N(CC2CO2)CC2CO2)cc(N(CC2CO2)CC2CO2)c1.c1cc(N(CC2CO2)CC2CO2)ccc1N(CC1CO1)CC1CO1. The Hall–Kier alpha value is -3.16. The van der Waals surface area contributed by atoms with Crippen LogP contribution in [-0.2, 0) is 75.8 Å². The predicted molar refractivity (Wildman–Crippen MR) is 346 cm³/mol. The van der Waals surface area contributed by atoms with Crippen molar-refractivity contribution in [3.63, 3.8) is 0 Å². The van der Waals surface area contributed by atoms with Gasteiger partial charge in [-0.1, -0.05) is 18.9 Å². The molecular formula is C69H106N8O16. The van der Waals surface area contributed by atoms with Crippen molar-refractivity contribution in [2.75, 3.05) is 256 Å². The van der Waals surface area contributed by atoms with E-state index < -0.39 is 0 Å². The Kier molecular flexibility index (Phi) is 22.8. The minimum atomic E-state index is 0.378. The van der Waals surface area contributed by atoms with Gasteiger partial charge in [-0.2, -0.15) is 0 Å². The second kappa shape index (κ2) is 32.2. The minimum Gasteiger partial charge on any atom is -0.372 e. The Labute approximate surface area is 550 Å². The zero-order valence-electron chi connectivity index (χ0n) is 55.0. The van der Waals surface area contributed by atoms with Crippen LogP contribution in [0.15, 0.2) is 48.5 Å². The van der Waals surface area contributed by atoms with Gasteiger partial charge in [-0.05, 0) is 87.9 Å². The molecule has 0 amide bonds. The quantitative estimate of drug-likeness (QED) is 0.0683. The summed E-state index contributed by atoms with van der Waals surface area (Å²) in [5, 5.41) is 0. The van der Waals surface area contributed by atoms with Gasteiger partial charge in [0.2, 0.25) is 0 Å². The molecule has 16 aliphatic rings. The summed E-state index contributed by atoms with van der Waals surface area (Å²) in [7, 11) is 0. The number of nitrogens with zero attached hydrogens (tertiary/aromatic N) is 8. The molecule has 93 heavy (non-hydrogen) atoms. The Balaban J connectivity index is 0.000000103. The van der Waals surface area contributed by atoms with E-state index in [1.165, 1.54) is 67.9 Å². The zero-order valence-corrected chi connectivity index (χ0v) is 55.0. The molecule has 16 saturated heterocycles. The van der Waals surface area contributed by atoms with Crippen LogP contribution in [0.4, 0.5) is 22.7 Å². The first-order valence-corrected chi connectivity index (χ1v) is 35.8. The zero-order chi connectivity index (χ0) is 62.1. The molecule has 0 N–H and O–H groups in total. The summed E-state index contributed by atoms with van der Waals surface area (Å²) in [4.78, 5) is 19.7. The van der Waals surface area contributed by atoms with Crippen LogP contribution in [0, 0.1) is 0 Å². The molecule has 16 aliphatic heterocycles. The fourth-order valence-corrected chi connectivity index (χ4v) is 12.5. The highest BCUT2D eigenvalue weighted by Gasteiger charge is 2.38. The average Bonchev–Trinajstić information content (AvgIpc) is 1.91. The highest BCUT2D eigenvalue weighted by Crippen LogP contribution is 2.32. The Bertz CT molecular complexity index is 2270. The number of hydrogen-bond acceptors (Lipinski definition) is 24. The summed E-state index contributed by atoms with van der Waals surface area (Å²) in [5.41, 5.74) is 4.99. The third kappa shape index (κ3) is 26.2. The van der Waals surface area contributed by atoms with Gasteiger partial charge in [0.1, 0.15) is 0 Å². The number of rotatable bonds is 47. The lowest BCUT2D eigenvalue weighted by Gasteiger charge is -2.27. The molecule has 24 nitrogen and oxygen atoms in total. The van der Waals surface area contributed by atoms with E-state index in [2.05, 4.69) is 87.7 Å². The van der Waals surface area contributed by atoms with Gasteiger partial charge in [-0.15, -0.1) is 0 Å². The lowest BCUT2D eigenvalue weighted by molar-refractivity contribution is 0.185. The van der Waals surface area contributed by atoms with Crippen molar-refractivity contribution in [1.82, 2.24) is 19.6 Å². The molecule has 0 radical (unpaired) electrons. The van der Waals surface area contributed by atoms with E-state index in [4.69, 9.17) is 75.8 Å². The maximum absolute atomic E-state index is 5.44. The molecule has 0 spiro atoms. The summed E-state index contributed by atoms with van der Waals surface area (Å²) in [5.74, 6) is 0. The summed E-state index contributed by atoms with van der Waals surface area (Å²) in [6.45, 7) is 35.5. The fraction of sp³-hybridized carbons (Fsp3) is 0.826. The van der Waals surface area contributed by atoms with E-state index in [-0.39, 0.29) is 0 Å². The molecular weight excluding hydrogens is 1200 g/mol. The molecule has 2 aromatic carbocycles. The van der Waals surface area contributed by atoms with Crippen molar-refractivity contribution >= 4 is 22.7 Å². The molecule has 16 atom stereocenters. The van der Waals surface area contributed by atoms with E-state index in [1.54, 1.807) is 0 Å². The number of hydrogen-bond donors (Lipinski definition) is 0. The molecule has 0 aromatic heterocycles.